The van der Waals surface area contributed by atoms with E-state index >= 15 is 0 Å². The maximum absolute atomic E-state index is 9.56. The molecule has 0 aromatic heterocycles. The molecular formula is C20H35IN4O. The third-order valence-electron chi connectivity index (χ3n) is 4.90. The van der Waals surface area contributed by atoms with Crippen molar-refractivity contribution < 1.29 is 5.11 Å². The quantitative estimate of drug-likeness (QED) is 0.345. The standard InChI is InChI=1S/C20H34N4O.HI/c1-4-21-20(22-12-10-17-8-7-9-19(25)14-17)24-13-11-18(16-24)15-23(5-2)6-3;/h7-9,14,18,25H,4-6,10-13,15-16H2,1-3H3,(H,21,22);1H. The Labute approximate surface area is 175 Å². The highest BCUT2D eigenvalue weighted by atomic mass is 127. The minimum absolute atomic E-state index is 0. The van der Waals surface area contributed by atoms with Gasteiger partial charge in [-0.05, 0) is 56.5 Å². The van der Waals surface area contributed by atoms with E-state index in [4.69, 9.17) is 4.99 Å². The molecule has 2 rings (SSSR count). The molecule has 5 nitrogen and oxygen atoms in total. The molecule has 0 saturated carbocycles. The lowest BCUT2D eigenvalue weighted by atomic mass is 10.1. The van der Waals surface area contributed by atoms with Crippen molar-refractivity contribution in [2.75, 3.05) is 45.8 Å². The van der Waals surface area contributed by atoms with Gasteiger partial charge in [-0.15, -0.1) is 24.0 Å². The molecule has 0 bridgehead atoms. The number of aliphatic imine (C=N–C) groups is 1. The number of phenols is 1. The zero-order valence-electron chi connectivity index (χ0n) is 16.4. The zero-order valence-corrected chi connectivity index (χ0v) is 18.8. The Hall–Kier alpha value is -1.02. The van der Waals surface area contributed by atoms with Crippen LogP contribution >= 0.6 is 24.0 Å². The van der Waals surface area contributed by atoms with E-state index in [9.17, 15) is 5.11 Å². The van der Waals surface area contributed by atoms with Crippen LogP contribution in [0.1, 0.15) is 32.8 Å². The van der Waals surface area contributed by atoms with Crippen molar-refractivity contribution in [3.63, 3.8) is 0 Å². The molecule has 26 heavy (non-hydrogen) atoms. The second-order valence-corrected chi connectivity index (χ2v) is 6.74. The molecule has 2 N–H and O–H groups in total. The lowest BCUT2D eigenvalue weighted by molar-refractivity contribution is 0.255. The summed E-state index contributed by atoms with van der Waals surface area (Å²) in [6.07, 6.45) is 2.09. The Bertz CT molecular complexity index is 548. The largest absolute Gasteiger partial charge is 0.508 e. The van der Waals surface area contributed by atoms with Crippen LogP contribution in [-0.4, -0.2) is 66.7 Å². The van der Waals surface area contributed by atoms with E-state index in [1.54, 1.807) is 6.07 Å². The monoisotopic (exact) mass is 474 g/mol. The SMILES string of the molecule is CCNC(=NCCc1cccc(O)c1)N1CCC(CN(CC)CC)C1.I. The summed E-state index contributed by atoms with van der Waals surface area (Å²) in [5.41, 5.74) is 1.13. The molecule has 1 aromatic rings. The van der Waals surface area contributed by atoms with Crippen LogP contribution in [0.15, 0.2) is 29.3 Å². The number of nitrogens with one attached hydrogen (secondary N) is 1. The van der Waals surface area contributed by atoms with Crippen molar-refractivity contribution in [2.45, 2.75) is 33.6 Å². The Morgan fingerprint density at radius 2 is 2.08 bits per heavy atom. The number of phenolic OH excluding ortho intramolecular Hbond substituents is 1. The molecular weight excluding hydrogens is 439 g/mol. The van der Waals surface area contributed by atoms with Crippen molar-refractivity contribution >= 4 is 29.9 Å². The van der Waals surface area contributed by atoms with E-state index < -0.39 is 0 Å². The van der Waals surface area contributed by atoms with Gasteiger partial charge < -0.3 is 20.2 Å². The molecule has 6 heteroatoms. The highest BCUT2D eigenvalue weighted by Crippen LogP contribution is 2.18. The predicted molar refractivity (Wildman–Crippen MR) is 121 cm³/mol. The number of halogens is 1. The Balaban J connectivity index is 0.00000338. The number of benzene rings is 1. The summed E-state index contributed by atoms with van der Waals surface area (Å²) in [5.74, 6) is 2.09. The van der Waals surface area contributed by atoms with Crippen LogP contribution in [-0.2, 0) is 6.42 Å². The zero-order chi connectivity index (χ0) is 18.1. The predicted octanol–water partition coefficient (Wildman–Crippen LogP) is 3.18. The Morgan fingerprint density at radius 3 is 2.73 bits per heavy atom. The molecule has 1 unspecified atom stereocenters. The van der Waals surface area contributed by atoms with Gasteiger partial charge in [0, 0.05) is 32.7 Å². The van der Waals surface area contributed by atoms with Gasteiger partial charge in [0.15, 0.2) is 5.96 Å². The summed E-state index contributed by atoms with van der Waals surface area (Å²) in [6, 6.07) is 7.45. The fourth-order valence-electron chi connectivity index (χ4n) is 3.45. The van der Waals surface area contributed by atoms with Gasteiger partial charge in [-0.1, -0.05) is 26.0 Å². The lowest BCUT2D eigenvalue weighted by Gasteiger charge is -2.24. The van der Waals surface area contributed by atoms with Crippen molar-refractivity contribution in [3.05, 3.63) is 29.8 Å². The van der Waals surface area contributed by atoms with Gasteiger partial charge in [-0.2, -0.15) is 0 Å². The number of guanidine groups is 1. The number of nitrogens with zero attached hydrogens (tertiary/aromatic N) is 3. The van der Waals surface area contributed by atoms with Gasteiger partial charge in [-0.25, -0.2) is 0 Å². The first-order chi connectivity index (χ1) is 12.2. The summed E-state index contributed by atoms with van der Waals surface area (Å²) >= 11 is 0. The molecule has 1 saturated heterocycles. The van der Waals surface area contributed by atoms with Crippen LogP contribution in [0.4, 0.5) is 0 Å². The summed E-state index contributed by atoms with van der Waals surface area (Å²) in [5, 5.41) is 13.0. The Kier molecular flexibility index (Phi) is 11.0. The fourth-order valence-corrected chi connectivity index (χ4v) is 3.45. The number of likely N-dealkylation sites (tertiary alicyclic amines) is 1. The maximum Gasteiger partial charge on any atom is 0.193 e. The highest BCUT2D eigenvalue weighted by Gasteiger charge is 2.25. The van der Waals surface area contributed by atoms with Crippen molar-refractivity contribution in [2.24, 2.45) is 10.9 Å². The molecule has 1 aliphatic heterocycles. The molecule has 1 aliphatic rings. The van der Waals surface area contributed by atoms with Crippen LogP contribution in [0.25, 0.3) is 0 Å². The third kappa shape index (κ3) is 7.31. The van der Waals surface area contributed by atoms with Crippen LogP contribution in [0, 0.1) is 5.92 Å². The van der Waals surface area contributed by atoms with Gasteiger partial charge >= 0.3 is 0 Å². The van der Waals surface area contributed by atoms with E-state index in [2.05, 4.69) is 35.9 Å². The topological polar surface area (TPSA) is 51.1 Å². The van der Waals surface area contributed by atoms with E-state index in [0.29, 0.717) is 5.75 Å². The average Bonchev–Trinajstić information content (AvgIpc) is 3.07. The second-order valence-electron chi connectivity index (χ2n) is 6.74. The molecule has 0 spiro atoms. The number of rotatable bonds is 8. The lowest BCUT2D eigenvalue weighted by Crippen LogP contribution is -2.41. The minimum Gasteiger partial charge on any atom is -0.508 e. The summed E-state index contributed by atoms with van der Waals surface area (Å²) < 4.78 is 0. The van der Waals surface area contributed by atoms with Crippen LogP contribution in [0.5, 0.6) is 5.75 Å². The number of aromatic hydroxyl groups is 1. The number of hydrogen-bond acceptors (Lipinski definition) is 3. The number of hydrogen-bond donors (Lipinski definition) is 2. The average molecular weight is 474 g/mol. The highest BCUT2D eigenvalue weighted by molar-refractivity contribution is 14.0. The van der Waals surface area contributed by atoms with Crippen LogP contribution < -0.4 is 5.32 Å². The first kappa shape index (κ1) is 23.0. The van der Waals surface area contributed by atoms with Gasteiger partial charge in [0.1, 0.15) is 5.75 Å². The minimum atomic E-state index is 0. The molecule has 0 aliphatic carbocycles. The maximum atomic E-state index is 9.56. The third-order valence-corrected chi connectivity index (χ3v) is 4.90. The molecule has 1 atom stereocenters. The van der Waals surface area contributed by atoms with Gasteiger partial charge in [0.2, 0.25) is 0 Å². The Morgan fingerprint density at radius 1 is 1.31 bits per heavy atom. The van der Waals surface area contributed by atoms with Crippen LogP contribution in [0.3, 0.4) is 0 Å². The van der Waals surface area contributed by atoms with E-state index in [-0.39, 0.29) is 24.0 Å². The molecule has 1 fully saturated rings. The molecule has 148 valence electrons. The van der Waals surface area contributed by atoms with E-state index in [1.165, 1.54) is 13.0 Å². The molecule has 1 aromatic carbocycles. The molecule has 1 heterocycles. The summed E-state index contributed by atoms with van der Waals surface area (Å²) in [4.78, 5) is 9.73. The van der Waals surface area contributed by atoms with Crippen molar-refractivity contribution in [3.8, 4) is 5.75 Å². The fraction of sp³-hybridized carbons (Fsp3) is 0.650. The van der Waals surface area contributed by atoms with Crippen LogP contribution in [0.2, 0.25) is 0 Å². The normalized spacial score (nSPS) is 17.5. The summed E-state index contributed by atoms with van der Waals surface area (Å²) in [7, 11) is 0. The summed E-state index contributed by atoms with van der Waals surface area (Å²) in [6.45, 7) is 13.9. The second kappa shape index (κ2) is 12.4. The van der Waals surface area contributed by atoms with Crippen molar-refractivity contribution in [1.29, 1.82) is 0 Å². The van der Waals surface area contributed by atoms with Gasteiger partial charge in [-0.3, -0.25) is 4.99 Å². The van der Waals surface area contributed by atoms with E-state index in [1.807, 2.05) is 18.2 Å². The van der Waals surface area contributed by atoms with Crippen molar-refractivity contribution in [1.82, 2.24) is 15.1 Å². The van der Waals surface area contributed by atoms with E-state index in [0.717, 1.165) is 63.1 Å². The first-order valence-corrected chi connectivity index (χ1v) is 9.69. The van der Waals surface area contributed by atoms with Gasteiger partial charge in [0.25, 0.3) is 0 Å². The molecule has 0 amide bonds. The molecule has 0 radical (unpaired) electrons. The smallest absolute Gasteiger partial charge is 0.193 e. The first-order valence-electron chi connectivity index (χ1n) is 9.69. The van der Waals surface area contributed by atoms with Gasteiger partial charge in [0.05, 0.1) is 0 Å².